The number of aromatic nitrogens is 5. The maximum atomic E-state index is 11.4. The van der Waals surface area contributed by atoms with E-state index in [-0.39, 0.29) is 11.5 Å². The highest BCUT2D eigenvalue weighted by Gasteiger charge is 2.50. The van der Waals surface area contributed by atoms with Crippen molar-refractivity contribution < 1.29 is 9.90 Å². The van der Waals surface area contributed by atoms with Gasteiger partial charge in [0.25, 0.3) is 0 Å². The molecule has 5 heterocycles. The van der Waals surface area contributed by atoms with E-state index in [1.54, 1.807) is 18.6 Å². The minimum atomic E-state index is -1.05. The molecule has 2 aliphatic heterocycles. The molecule has 1 spiro atoms. The summed E-state index contributed by atoms with van der Waals surface area (Å²) in [5.74, 6) is 0.835. The molecule has 2 aliphatic rings. The third kappa shape index (κ3) is 2.58. The van der Waals surface area contributed by atoms with Crippen LogP contribution in [0.1, 0.15) is 24.6 Å². The molecule has 0 radical (unpaired) electrons. The van der Waals surface area contributed by atoms with Crippen molar-refractivity contribution in [1.82, 2.24) is 29.5 Å². The third-order valence-electron chi connectivity index (χ3n) is 5.86. The lowest BCUT2D eigenvalue weighted by molar-refractivity contribution is 0.133. The molecule has 3 aromatic rings. The number of fused-ring (bicyclic) bond motifs is 2. The molecule has 2 N–H and O–H groups in total. The lowest BCUT2D eigenvalue weighted by atomic mass is 9.73. The van der Waals surface area contributed by atoms with Gasteiger partial charge in [-0.1, -0.05) is 11.6 Å². The van der Waals surface area contributed by atoms with Crippen LogP contribution in [0.25, 0.3) is 5.65 Å². The number of hydrogen-bond acceptors (Lipinski definition) is 5. The molecule has 0 aliphatic carbocycles. The van der Waals surface area contributed by atoms with E-state index in [9.17, 15) is 9.90 Å². The zero-order valence-electron chi connectivity index (χ0n) is 14.7. The molecule has 0 saturated carbocycles. The molecule has 28 heavy (non-hydrogen) atoms. The molecule has 0 unspecified atom stereocenters. The first-order valence-electron chi connectivity index (χ1n) is 8.92. The standard InChI is InChI=1S/C17H17BrClN7O2/c18-10-7-21-15(25-6-3-20-14(10)25)24-4-1-17(2-5-24)9-26-12(11(19)8-22-26)13(17)23-16(27)28/h3,6-8,13,23H,1-2,4-5,9H2,(H,27,28)/t13-/m1/s1. The van der Waals surface area contributed by atoms with Crippen LogP contribution in [0.2, 0.25) is 5.02 Å². The number of halogens is 2. The van der Waals surface area contributed by atoms with E-state index in [1.807, 2.05) is 15.3 Å². The van der Waals surface area contributed by atoms with E-state index in [4.69, 9.17) is 11.6 Å². The summed E-state index contributed by atoms with van der Waals surface area (Å²) >= 11 is 9.79. The Balaban J connectivity index is 1.44. The van der Waals surface area contributed by atoms with Gasteiger partial charge in [0.15, 0.2) is 5.65 Å². The second-order valence-corrected chi connectivity index (χ2v) is 8.56. The normalized spacial score (nSPS) is 20.6. The van der Waals surface area contributed by atoms with Crippen molar-refractivity contribution in [3.63, 3.8) is 0 Å². The smallest absolute Gasteiger partial charge is 0.405 e. The van der Waals surface area contributed by atoms with Crippen molar-refractivity contribution in [3.05, 3.63) is 40.0 Å². The molecule has 1 atom stereocenters. The quantitative estimate of drug-likeness (QED) is 0.602. The third-order valence-corrected chi connectivity index (χ3v) is 6.71. The van der Waals surface area contributed by atoms with Gasteiger partial charge in [-0.3, -0.25) is 9.08 Å². The summed E-state index contributed by atoms with van der Waals surface area (Å²) in [5, 5.41) is 16.9. The fraction of sp³-hybridized carbons (Fsp3) is 0.412. The number of nitrogens with one attached hydrogen (secondary N) is 1. The van der Waals surface area contributed by atoms with Gasteiger partial charge >= 0.3 is 6.09 Å². The first kappa shape index (κ1) is 17.7. The molecule has 9 nitrogen and oxygen atoms in total. The van der Waals surface area contributed by atoms with Gasteiger partial charge in [-0.15, -0.1) is 0 Å². The van der Waals surface area contributed by atoms with E-state index < -0.39 is 6.09 Å². The van der Waals surface area contributed by atoms with Crippen LogP contribution in [0.15, 0.2) is 29.3 Å². The van der Waals surface area contributed by atoms with Crippen molar-refractivity contribution in [3.8, 4) is 0 Å². The Labute approximate surface area is 173 Å². The molecular weight excluding hydrogens is 450 g/mol. The Morgan fingerprint density at radius 2 is 2.11 bits per heavy atom. The predicted octanol–water partition coefficient (Wildman–Crippen LogP) is 2.95. The molecule has 1 saturated heterocycles. The van der Waals surface area contributed by atoms with Gasteiger partial charge in [0, 0.05) is 43.6 Å². The van der Waals surface area contributed by atoms with Gasteiger partial charge in [-0.25, -0.2) is 14.8 Å². The summed E-state index contributed by atoms with van der Waals surface area (Å²) < 4.78 is 4.65. The second-order valence-electron chi connectivity index (χ2n) is 7.29. The van der Waals surface area contributed by atoms with Crippen LogP contribution in [0, 0.1) is 5.41 Å². The average molecular weight is 467 g/mol. The topological polar surface area (TPSA) is 101 Å². The van der Waals surface area contributed by atoms with Gasteiger partial charge in [0.05, 0.1) is 27.4 Å². The molecule has 0 bridgehead atoms. The summed E-state index contributed by atoms with van der Waals surface area (Å²) in [6.45, 7) is 2.16. The molecule has 11 heteroatoms. The van der Waals surface area contributed by atoms with Crippen LogP contribution >= 0.6 is 27.5 Å². The second kappa shape index (κ2) is 6.35. The number of anilines is 1. The van der Waals surface area contributed by atoms with Gasteiger partial charge in [-0.05, 0) is 28.8 Å². The SMILES string of the molecule is O=C(O)N[C@@H]1c2c(Cl)cnn2CC12CCN(c1ncc(Br)c3nccn13)CC2. The molecule has 1 fully saturated rings. The van der Waals surface area contributed by atoms with Crippen molar-refractivity contribution in [2.45, 2.75) is 25.4 Å². The fourth-order valence-corrected chi connectivity index (χ4v) is 5.16. The monoisotopic (exact) mass is 465 g/mol. The Kier molecular flexibility index (Phi) is 4.02. The van der Waals surface area contributed by atoms with Crippen LogP contribution in [-0.2, 0) is 6.54 Å². The summed E-state index contributed by atoms with van der Waals surface area (Å²) in [6, 6.07) is -0.367. The molecule has 1 amide bonds. The summed E-state index contributed by atoms with van der Waals surface area (Å²) in [5.41, 5.74) is 1.34. The van der Waals surface area contributed by atoms with Gasteiger partial charge < -0.3 is 15.3 Å². The number of piperidine rings is 1. The van der Waals surface area contributed by atoms with Crippen molar-refractivity contribution >= 4 is 45.2 Å². The zero-order valence-corrected chi connectivity index (χ0v) is 17.1. The highest BCUT2D eigenvalue weighted by molar-refractivity contribution is 9.10. The lowest BCUT2D eigenvalue weighted by Gasteiger charge is -2.42. The number of imidazole rings is 1. The minimum Gasteiger partial charge on any atom is -0.465 e. The molecule has 146 valence electrons. The molecule has 3 aromatic heterocycles. The van der Waals surface area contributed by atoms with Crippen LogP contribution < -0.4 is 10.2 Å². The predicted molar refractivity (Wildman–Crippen MR) is 106 cm³/mol. The van der Waals surface area contributed by atoms with E-state index in [1.165, 1.54) is 0 Å². The number of nitrogens with zero attached hydrogens (tertiary/aromatic N) is 6. The first-order chi connectivity index (χ1) is 13.5. The van der Waals surface area contributed by atoms with Gasteiger partial charge in [0.2, 0.25) is 5.95 Å². The number of amides is 1. The van der Waals surface area contributed by atoms with Crippen molar-refractivity contribution in [1.29, 1.82) is 0 Å². The largest absolute Gasteiger partial charge is 0.465 e. The maximum Gasteiger partial charge on any atom is 0.405 e. The minimum absolute atomic E-state index is 0.245. The lowest BCUT2D eigenvalue weighted by Crippen LogP contribution is -2.47. The first-order valence-corrected chi connectivity index (χ1v) is 10.1. The Bertz CT molecular complexity index is 1070. The Hall–Kier alpha value is -2.33. The number of carbonyl (C=O) groups is 1. The van der Waals surface area contributed by atoms with Crippen LogP contribution in [0.5, 0.6) is 0 Å². The average Bonchev–Trinajstić information content (AvgIpc) is 3.35. The number of carboxylic acid groups (broad SMARTS) is 1. The number of rotatable bonds is 2. The molecule has 5 rings (SSSR count). The number of hydrogen-bond donors (Lipinski definition) is 2. The Morgan fingerprint density at radius 1 is 1.32 bits per heavy atom. The molecule has 0 aromatic carbocycles. The van der Waals surface area contributed by atoms with Crippen LogP contribution in [-0.4, -0.2) is 48.4 Å². The summed E-state index contributed by atoms with van der Waals surface area (Å²) in [6.07, 6.45) is 7.54. The summed E-state index contributed by atoms with van der Waals surface area (Å²) in [7, 11) is 0. The van der Waals surface area contributed by atoms with E-state index in [0.29, 0.717) is 11.6 Å². The molecular formula is C17H17BrClN7O2. The van der Waals surface area contributed by atoms with Crippen molar-refractivity contribution in [2.75, 3.05) is 18.0 Å². The van der Waals surface area contributed by atoms with Gasteiger partial charge in [-0.2, -0.15) is 5.10 Å². The summed E-state index contributed by atoms with van der Waals surface area (Å²) in [4.78, 5) is 22.6. The van der Waals surface area contributed by atoms with E-state index >= 15 is 0 Å². The van der Waals surface area contributed by atoms with Crippen LogP contribution in [0.3, 0.4) is 0 Å². The highest BCUT2D eigenvalue weighted by atomic mass is 79.9. The maximum absolute atomic E-state index is 11.4. The highest BCUT2D eigenvalue weighted by Crippen LogP contribution is 2.51. The fourth-order valence-electron chi connectivity index (χ4n) is 4.52. The zero-order chi connectivity index (χ0) is 19.5. The van der Waals surface area contributed by atoms with Crippen molar-refractivity contribution in [2.24, 2.45) is 5.41 Å². The van der Waals surface area contributed by atoms with E-state index in [2.05, 4.69) is 41.2 Å². The van der Waals surface area contributed by atoms with Gasteiger partial charge in [0.1, 0.15) is 0 Å². The van der Waals surface area contributed by atoms with E-state index in [0.717, 1.165) is 47.7 Å². The Morgan fingerprint density at radius 3 is 2.86 bits per heavy atom. The van der Waals surface area contributed by atoms with Crippen LogP contribution in [0.4, 0.5) is 10.7 Å².